The first-order valence-electron chi connectivity index (χ1n) is 6.88. The molecule has 0 aromatic heterocycles. The molecule has 0 saturated heterocycles. The van der Waals surface area contributed by atoms with Crippen molar-refractivity contribution in [3.05, 3.63) is 60.2 Å². The molecule has 0 aliphatic heterocycles. The van der Waals surface area contributed by atoms with Gasteiger partial charge in [0, 0.05) is 5.69 Å². The molecule has 106 valence electrons. The van der Waals surface area contributed by atoms with Crippen LogP contribution in [-0.4, -0.2) is 17.8 Å². The van der Waals surface area contributed by atoms with E-state index in [0.717, 1.165) is 17.0 Å². The lowest BCUT2D eigenvalue weighted by atomic mass is 10.1. The first-order valence-corrected chi connectivity index (χ1v) is 6.88. The summed E-state index contributed by atoms with van der Waals surface area (Å²) < 4.78 is 5.69. The quantitative estimate of drug-likeness (QED) is 0.843. The molecule has 0 spiro atoms. The lowest BCUT2D eigenvalue weighted by Gasteiger charge is -2.19. The molecule has 0 amide bonds. The topological polar surface area (TPSA) is 41.5 Å². The smallest absolute Gasteiger partial charge is 0.120 e. The standard InChI is InChI=1S/C17H21NO2/c1-13(2)20-16-10-6-7-14(11-16)17(12-19)18-15-8-4-3-5-9-15/h3-11,13,17-19H,12H2,1-2H3. The number of hydrogen-bond acceptors (Lipinski definition) is 3. The largest absolute Gasteiger partial charge is 0.491 e. The van der Waals surface area contributed by atoms with E-state index in [1.165, 1.54) is 0 Å². The molecule has 3 heteroatoms. The molecule has 20 heavy (non-hydrogen) atoms. The maximum atomic E-state index is 9.61. The number of benzene rings is 2. The van der Waals surface area contributed by atoms with Gasteiger partial charge in [-0.1, -0.05) is 30.3 Å². The van der Waals surface area contributed by atoms with Gasteiger partial charge in [0.2, 0.25) is 0 Å². The second kappa shape index (κ2) is 6.96. The third kappa shape index (κ3) is 4.00. The van der Waals surface area contributed by atoms with E-state index >= 15 is 0 Å². The van der Waals surface area contributed by atoms with E-state index in [0.29, 0.717) is 0 Å². The normalized spacial score (nSPS) is 12.2. The number of aliphatic hydroxyl groups is 1. The Hall–Kier alpha value is -2.00. The molecule has 0 fully saturated rings. The molecule has 0 radical (unpaired) electrons. The number of rotatable bonds is 6. The Labute approximate surface area is 120 Å². The van der Waals surface area contributed by atoms with Gasteiger partial charge in [-0.3, -0.25) is 0 Å². The number of nitrogens with one attached hydrogen (secondary N) is 1. The fraction of sp³-hybridized carbons (Fsp3) is 0.294. The van der Waals surface area contributed by atoms with E-state index in [1.54, 1.807) is 0 Å². The SMILES string of the molecule is CC(C)Oc1cccc(C(CO)Nc2ccccc2)c1. The van der Waals surface area contributed by atoms with Crippen LogP contribution in [0, 0.1) is 0 Å². The Morgan fingerprint density at radius 2 is 1.80 bits per heavy atom. The van der Waals surface area contributed by atoms with E-state index in [-0.39, 0.29) is 18.8 Å². The average Bonchev–Trinajstić information content (AvgIpc) is 2.45. The number of ether oxygens (including phenoxy) is 1. The van der Waals surface area contributed by atoms with Gasteiger partial charge < -0.3 is 15.2 Å². The molecule has 2 aromatic carbocycles. The summed E-state index contributed by atoms with van der Waals surface area (Å²) in [6.45, 7) is 4.02. The molecule has 2 N–H and O–H groups in total. The molecule has 0 heterocycles. The molecule has 3 nitrogen and oxygen atoms in total. The zero-order valence-electron chi connectivity index (χ0n) is 11.9. The van der Waals surface area contributed by atoms with Crippen LogP contribution in [0.25, 0.3) is 0 Å². The fourth-order valence-electron chi connectivity index (χ4n) is 2.05. The molecular weight excluding hydrogens is 250 g/mol. The van der Waals surface area contributed by atoms with Crippen molar-refractivity contribution < 1.29 is 9.84 Å². The summed E-state index contributed by atoms with van der Waals surface area (Å²) in [4.78, 5) is 0. The van der Waals surface area contributed by atoms with Gasteiger partial charge in [-0.15, -0.1) is 0 Å². The van der Waals surface area contributed by atoms with Crippen LogP contribution in [0.4, 0.5) is 5.69 Å². The highest BCUT2D eigenvalue weighted by molar-refractivity contribution is 5.46. The van der Waals surface area contributed by atoms with Gasteiger partial charge in [-0.2, -0.15) is 0 Å². The lowest BCUT2D eigenvalue weighted by molar-refractivity contribution is 0.241. The fourth-order valence-corrected chi connectivity index (χ4v) is 2.05. The first kappa shape index (κ1) is 14.4. The van der Waals surface area contributed by atoms with Crippen LogP contribution in [0.15, 0.2) is 54.6 Å². The molecule has 1 unspecified atom stereocenters. The highest BCUT2D eigenvalue weighted by Crippen LogP contribution is 2.23. The van der Waals surface area contributed by atoms with E-state index in [9.17, 15) is 5.11 Å². The highest BCUT2D eigenvalue weighted by Gasteiger charge is 2.11. The van der Waals surface area contributed by atoms with Crippen molar-refractivity contribution in [2.45, 2.75) is 26.0 Å². The van der Waals surface area contributed by atoms with Crippen molar-refractivity contribution in [1.82, 2.24) is 0 Å². The molecule has 1 atom stereocenters. The Bertz CT molecular complexity index is 526. The van der Waals surface area contributed by atoms with Crippen LogP contribution >= 0.6 is 0 Å². The monoisotopic (exact) mass is 271 g/mol. The minimum absolute atomic E-state index is 0.0278. The summed E-state index contributed by atoms with van der Waals surface area (Å²) in [5, 5.41) is 12.9. The van der Waals surface area contributed by atoms with Crippen molar-refractivity contribution in [2.75, 3.05) is 11.9 Å². The third-order valence-corrected chi connectivity index (χ3v) is 2.93. The zero-order valence-corrected chi connectivity index (χ0v) is 11.9. The molecule has 0 saturated carbocycles. The first-order chi connectivity index (χ1) is 9.69. The number of hydrogen-bond donors (Lipinski definition) is 2. The Morgan fingerprint density at radius 1 is 1.05 bits per heavy atom. The van der Waals surface area contributed by atoms with Gasteiger partial charge in [0.05, 0.1) is 18.8 Å². The average molecular weight is 271 g/mol. The van der Waals surface area contributed by atoms with Gasteiger partial charge >= 0.3 is 0 Å². The van der Waals surface area contributed by atoms with Crippen molar-refractivity contribution in [2.24, 2.45) is 0 Å². The minimum Gasteiger partial charge on any atom is -0.491 e. The predicted octanol–water partition coefficient (Wildman–Crippen LogP) is 3.62. The molecule has 0 bridgehead atoms. The van der Waals surface area contributed by atoms with Crippen molar-refractivity contribution in [3.63, 3.8) is 0 Å². The Morgan fingerprint density at radius 3 is 2.45 bits per heavy atom. The van der Waals surface area contributed by atoms with Crippen LogP contribution in [0.5, 0.6) is 5.75 Å². The molecular formula is C17H21NO2. The number of para-hydroxylation sites is 1. The summed E-state index contributed by atoms with van der Waals surface area (Å²) in [6.07, 6.45) is 0.139. The van der Waals surface area contributed by atoms with Crippen LogP contribution in [0.2, 0.25) is 0 Å². The van der Waals surface area contributed by atoms with Gasteiger partial charge in [0.1, 0.15) is 5.75 Å². The van der Waals surface area contributed by atoms with E-state index in [4.69, 9.17) is 4.74 Å². The van der Waals surface area contributed by atoms with Gasteiger partial charge in [0.15, 0.2) is 0 Å². The maximum absolute atomic E-state index is 9.61. The van der Waals surface area contributed by atoms with E-state index in [2.05, 4.69) is 5.32 Å². The van der Waals surface area contributed by atoms with Gasteiger partial charge in [-0.05, 0) is 43.7 Å². The molecule has 2 aromatic rings. The van der Waals surface area contributed by atoms with Crippen LogP contribution in [-0.2, 0) is 0 Å². The second-order valence-corrected chi connectivity index (χ2v) is 4.98. The second-order valence-electron chi connectivity index (χ2n) is 4.98. The third-order valence-electron chi connectivity index (χ3n) is 2.93. The Balaban J connectivity index is 2.15. The maximum Gasteiger partial charge on any atom is 0.120 e. The van der Waals surface area contributed by atoms with Crippen LogP contribution < -0.4 is 10.1 Å². The predicted molar refractivity (Wildman–Crippen MR) is 82.1 cm³/mol. The van der Waals surface area contributed by atoms with E-state index in [1.807, 2.05) is 68.4 Å². The van der Waals surface area contributed by atoms with Crippen molar-refractivity contribution in [3.8, 4) is 5.75 Å². The molecule has 2 rings (SSSR count). The number of anilines is 1. The molecule has 0 aliphatic carbocycles. The summed E-state index contributed by atoms with van der Waals surface area (Å²) in [5.74, 6) is 0.825. The summed E-state index contributed by atoms with van der Waals surface area (Å²) in [5.41, 5.74) is 2.00. The lowest BCUT2D eigenvalue weighted by Crippen LogP contribution is -2.15. The van der Waals surface area contributed by atoms with Crippen LogP contribution in [0.3, 0.4) is 0 Å². The minimum atomic E-state index is -0.145. The van der Waals surface area contributed by atoms with Gasteiger partial charge in [-0.25, -0.2) is 0 Å². The number of aliphatic hydroxyl groups excluding tert-OH is 1. The van der Waals surface area contributed by atoms with Crippen molar-refractivity contribution >= 4 is 5.69 Å². The summed E-state index contributed by atoms with van der Waals surface area (Å²) in [7, 11) is 0. The summed E-state index contributed by atoms with van der Waals surface area (Å²) >= 11 is 0. The van der Waals surface area contributed by atoms with Crippen LogP contribution in [0.1, 0.15) is 25.5 Å². The van der Waals surface area contributed by atoms with E-state index < -0.39 is 0 Å². The van der Waals surface area contributed by atoms with Crippen molar-refractivity contribution in [1.29, 1.82) is 0 Å². The Kier molecular flexibility index (Phi) is 5.02. The molecule has 0 aliphatic rings. The zero-order chi connectivity index (χ0) is 14.4. The van der Waals surface area contributed by atoms with Gasteiger partial charge in [0.25, 0.3) is 0 Å². The summed E-state index contributed by atoms with van der Waals surface area (Å²) in [6, 6.07) is 17.6. The highest BCUT2D eigenvalue weighted by atomic mass is 16.5.